The van der Waals surface area contributed by atoms with Crippen LogP contribution in [0, 0.1) is 11.8 Å². The highest BCUT2D eigenvalue weighted by Gasteiger charge is 2.31. The fraction of sp³-hybridized carbons (Fsp3) is 0.323. The van der Waals surface area contributed by atoms with Crippen molar-refractivity contribution in [2.45, 2.75) is 31.8 Å². The van der Waals surface area contributed by atoms with Gasteiger partial charge in [-0.15, -0.1) is 0 Å². The topological polar surface area (TPSA) is 106 Å². The van der Waals surface area contributed by atoms with Gasteiger partial charge in [0.25, 0.3) is 5.91 Å². The molecular formula is C31H33N3O5. The molecule has 0 spiro atoms. The van der Waals surface area contributed by atoms with Crippen LogP contribution in [0.4, 0.5) is 15.3 Å². The molecule has 8 nitrogen and oxygen atoms in total. The molecular weight excluding hydrogens is 494 g/mol. The zero-order chi connectivity index (χ0) is 27.2. The van der Waals surface area contributed by atoms with Crippen LogP contribution in [0.3, 0.4) is 0 Å². The van der Waals surface area contributed by atoms with Crippen LogP contribution < -0.4 is 16.0 Å². The molecule has 3 N–H and O–H groups in total. The van der Waals surface area contributed by atoms with E-state index in [0.717, 1.165) is 47.9 Å². The lowest BCUT2D eigenvalue weighted by atomic mass is 9.81. The number of rotatable bonds is 7. The molecule has 0 saturated heterocycles. The second kappa shape index (κ2) is 12.0. The van der Waals surface area contributed by atoms with E-state index < -0.39 is 18.3 Å². The fourth-order valence-electron chi connectivity index (χ4n) is 5.68. The Bertz CT molecular complexity index is 1310. The van der Waals surface area contributed by atoms with E-state index in [1.54, 1.807) is 24.3 Å². The molecule has 0 radical (unpaired) electrons. The maximum atomic E-state index is 13.1. The highest BCUT2D eigenvalue weighted by atomic mass is 16.6. The molecule has 5 rings (SSSR count). The van der Waals surface area contributed by atoms with Crippen LogP contribution in [0.15, 0.2) is 72.8 Å². The van der Waals surface area contributed by atoms with Gasteiger partial charge in [0, 0.05) is 24.2 Å². The van der Waals surface area contributed by atoms with Crippen molar-refractivity contribution in [1.29, 1.82) is 0 Å². The van der Waals surface area contributed by atoms with Crippen LogP contribution in [-0.2, 0) is 9.47 Å². The average Bonchev–Trinajstić information content (AvgIpc) is 3.28. The predicted octanol–water partition coefficient (Wildman–Crippen LogP) is 5.90. The summed E-state index contributed by atoms with van der Waals surface area (Å²) in [6.07, 6.45) is 2.46. The van der Waals surface area contributed by atoms with Gasteiger partial charge in [0.2, 0.25) is 0 Å². The summed E-state index contributed by atoms with van der Waals surface area (Å²) in [5.74, 6) is 0.423. The third-order valence-electron chi connectivity index (χ3n) is 7.57. The van der Waals surface area contributed by atoms with Crippen LogP contribution in [0.1, 0.15) is 53.3 Å². The minimum atomic E-state index is -0.625. The van der Waals surface area contributed by atoms with E-state index in [1.807, 2.05) is 48.5 Å². The van der Waals surface area contributed by atoms with Gasteiger partial charge in [0.05, 0.1) is 18.4 Å². The summed E-state index contributed by atoms with van der Waals surface area (Å²) in [5.41, 5.74) is 4.75. The summed E-state index contributed by atoms with van der Waals surface area (Å²) in [4.78, 5) is 37.5. The molecule has 3 amide bonds. The molecule has 0 heterocycles. The minimum absolute atomic E-state index is 0.253. The molecule has 3 aromatic rings. The highest BCUT2D eigenvalue weighted by Crippen LogP contribution is 2.45. The number of amides is 3. The van der Waals surface area contributed by atoms with Crippen LogP contribution >= 0.6 is 0 Å². The standard InChI is InChI=1S/C31H33N3O5/c1-38-30(36)33-19-21-10-8-9-20(17-21)18-32-29(35)26-15-6-7-16-27(26)34-31(37)39-28-24-13-4-2-11-22(24)23-12-3-5-14-25(23)28/h2-7,11-16,20-21,28H,8-10,17-19H2,1H3,(H,32,35)(H,33,36)(H,34,37). The van der Waals surface area contributed by atoms with Crippen molar-refractivity contribution in [1.82, 2.24) is 10.6 Å². The number of hydrogen-bond donors (Lipinski definition) is 3. The van der Waals surface area contributed by atoms with Gasteiger partial charge in [-0.05, 0) is 54.4 Å². The molecule has 8 heteroatoms. The molecule has 1 fully saturated rings. The quantitative estimate of drug-likeness (QED) is 0.355. The Morgan fingerprint density at radius 2 is 1.36 bits per heavy atom. The number of alkyl carbamates (subject to hydrolysis) is 1. The summed E-state index contributed by atoms with van der Waals surface area (Å²) in [7, 11) is 1.35. The third kappa shape index (κ3) is 6.06. The van der Waals surface area contributed by atoms with E-state index in [9.17, 15) is 14.4 Å². The summed E-state index contributed by atoms with van der Waals surface area (Å²) < 4.78 is 10.6. The van der Waals surface area contributed by atoms with E-state index in [0.29, 0.717) is 36.2 Å². The van der Waals surface area contributed by atoms with Crippen molar-refractivity contribution in [3.8, 4) is 11.1 Å². The van der Waals surface area contributed by atoms with Gasteiger partial charge in [0.15, 0.2) is 6.10 Å². The molecule has 2 atom stereocenters. The highest BCUT2D eigenvalue weighted by molar-refractivity contribution is 6.02. The minimum Gasteiger partial charge on any atom is -0.453 e. The monoisotopic (exact) mass is 527 g/mol. The second-order valence-corrected chi connectivity index (χ2v) is 10.1. The van der Waals surface area contributed by atoms with E-state index >= 15 is 0 Å². The molecule has 0 bridgehead atoms. The van der Waals surface area contributed by atoms with Gasteiger partial charge >= 0.3 is 12.2 Å². The molecule has 1 saturated carbocycles. The lowest BCUT2D eigenvalue weighted by Gasteiger charge is -2.29. The number of methoxy groups -OCH3 is 1. The van der Waals surface area contributed by atoms with Crippen molar-refractivity contribution in [2.75, 3.05) is 25.5 Å². The van der Waals surface area contributed by atoms with Gasteiger partial charge in [-0.2, -0.15) is 0 Å². The first-order valence-electron chi connectivity index (χ1n) is 13.4. The smallest absolute Gasteiger partial charge is 0.412 e. The van der Waals surface area contributed by atoms with Gasteiger partial charge < -0.3 is 20.1 Å². The van der Waals surface area contributed by atoms with Crippen molar-refractivity contribution >= 4 is 23.8 Å². The van der Waals surface area contributed by atoms with Crippen LogP contribution in [-0.4, -0.2) is 38.3 Å². The Labute approximate surface area is 228 Å². The number of carbonyl (C=O) groups is 3. The van der Waals surface area contributed by atoms with Crippen molar-refractivity contribution in [3.63, 3.8) is 0 Å². The summed E-state index contributed by atoms with van der Waals surface area (Å²) in [5, 5.41) is 8.59. The number of ether oxygens (including phenoxy) is 2. The summed E-state index contributed by atoms with van der Waals surface area (Å²) in [6.45, 7) is 1.10. The first kappa shape index (κ1) is 26.3. The van der Waals surface area contributed by atoms with E-state index in [2.05, 4.69) is 20.7 Å². The molecule has 2 aliphatic carbocycles. The molecule has 0 aromatic heterocycles. The second-order valence-electron chi connectivity index (χ2n) is 10.1. The Hall–Kier alpha value is -4.33. The maximum absolute atomic E-state index is 13.1. The largest absolute Gasteiger partial charge is 0.453 e. The lowest BCUT2D eigenvalue weighted by Crippen LogP contribution is -2.35. The zero-order valence-electron chi connectivity index (χ0n) is 21.9. The Morgan fingerprint density at radius 3 is 2.03 bits per heavy atom. The van der Waals surface area contributed by atoms with Crippen LogP contribution in [0.25, 0.3) is 11.1 Å². The number of para-hydroxylation sites is 1. The molecule has 39 heavy (non-hydrogen) atoms. The molecule has 2 aliphatic rings. The van der Waals surface area contributed by atoms with Gasteiger partial charge in [-0.1, -0.05) is 67.1 Å². The Balaban J connectivity index is 1.20. The van der Waals surface area contributed by atoms with Crippen LogP contribution in [0.2, 0.25) is 0 Å². The normalized spacial score (nSPS) is 17.9. The molecule has 202 valence electrons. The number of carbonyl (C=O) groups excluding carboxylic acids is 3. The number of fused-ring (bicyclic) bond motifs is 3. The summed E-state index contributed by atoms with van der Waals surface area (Å²) in [6, 6.07) is 22.7. The lowest BCUT2D eigenvalue weighted by molar-refractivity contribution is 0.0941. The Morgan fingerprint density at radius 1 is 0.769 bits per heavy atom. The maximum Gasteiger partial charge on any atom is 0.412 e. The van der Waals surface area contributed by atoms with Gasteiger partial charge in [-0.25, -0.2) is 9.59 Å². The molecule has 3 aromatic carbocycles. The SMILES string of the molecule is COC(=O)NCC1CCCC(CNC(=O)c2ccccc2NC(=O)OC2c3ccccc3-c3ccccc32)C1. The number of anilines is 1. The van der Waals surface area contributed by atoms with Crippen molar-refractivity contribution < 1.29 is 23.9 Å². The van der Waals surface area contributed by atoms with Crippen molar-refractivity contribution in [3.05, 3.63) is 89.5 Å². The number of hydrogen-bond acceptors (Lipinski definition) is 5. The molecule has 2 unspecified atom stereocenters. The van der Waals surface area contributed by atoms with E-state index in [4.69, 9.17) is 4.74 Å². The predicted molar refractivity (Wildman–Crippen MR) is 148 cm³/mol. The van der Waals surface area contributed by atoms with Crippen molar-refractivity contribution in [2.24, 2.45) is 11.8 Å². The number of benzene rings is 3. The fourth-order valence-corrected chi connectivity index (χ4v) is 5.68. The van der Waals surface area contributed by atoms with E-state index in [-0.39, 0.29) is 5.91 Å². The third-order valence-corrected chi connectivity index (χ3v) is 7.57. The first-order valence-corrected chi connectivity index (χ1v) is 13.4. The van der Waals surface area contributed by atoms with Gasteiger partial charge in [0.1, 0.15) is 0 Å². The van der Waals surface area contributed by atoms with E-state index in [1.165, 1.54) is 7.11 Å². The Kier molecular flexibility index (Phi) is 8.10. The van der Waals surface area contributed by atoms with Crippen LogP contribution in [0.5, 0.6) is 0 Å². The molecule has 0 aliphatic heterocycles. The van der Waals surface area contributed by atoms with Gasteiger partial charge in [-0.3, -0.25) is 10.1 Å². The first-order chi connectivity index (χ1) is 19.0. The average molecular weight is 528 g/mol. The number of nitrogens with one attached hydrogen (secondary N) is 3. The summed E-state index contributed by atoms with van der Waals surface area (Å²) >= 11 is 0. The zero-order valence-corrected chi connectivity index (χ0v) is 21.9.